The first-order valence-electron chi connectivity index (χ1n) is 8.20. The molecule has 0 amide bonds. The van der Waals surface area contributed by atoms with Gasteiger partial charge in [-0.1, -0.05) is 18.2 Å². The number of benzene rings is 1. The predicted molar refractivity (Wildman–Crippen MR) is 96.2 cm³/mol. The van der Waals surface area contributed by atoms with Gasteiger partial charge >= 0.3 is 0 Å². The highest BCUT2D eigenvalue weighted by Crippen LogP contribution is 2.22. The molecule has 0 aliphatic heterocycles. The van der Waals surface area contributed by atoms with E-state index in [-0.39, 0.29) is 17.4 Å². The minimum absolute atomic E-state index is 0.191. The van der Waals surface area contributed by atoms with Crippen LogP contribution in [0.1, 0.15) is 23.1 Å². The summed E-state index contributed by atoms with van der Waals surface area (Å²) >= 11 is 0. The zero-order valence-corrected chi connectivity index (χ0v) is 13.8. The van der Waals surface area contributed by atoms with Crippen LogP contribution in [-0.2, 0) is 6.54 Å². The van der Waals surface area contributed by atoms with Crippen molar-refractivity contribution >= 4 is 11.0 Å². The fraction of sp³-hybridized carbons (Fsp3) is 0.100. The molecule has 2 N–H and O–H groups in total. The average Bonchev–Trinajstić information content (AvgIpc) is 3.07. The number of halogens is 1. The predicted octanol–water partition coefficient (Wildman–Crippen LogP) is 3.53. The summed E-state index contributed by atoms with van der Waals surface area (Å²) in [6.07, 6.45) is 3.25. The highest BCUT2D eigenvalue weighted by atomic mass is 19.1. The Morgan fingerprint density at radius 1 is 1.15 bits per heavy atom. The number of nitrogens with zero attached hydrogens (tertiary/aromatic N) is 1. The largest absolute Gasteiger partial charge is 0.459 e. The summed E-state index contributed by atoms with van der Waals surface area (Å²) in [5.74, 6) is 0.314. The molecule has 4 aromatic rings. The SMILES string of the molecule is O=c1[nH]ccc2oc(CNC(c3cccc(F)c3)c3ccccn3)cc12. The molecule has 1 unspecified atom stereocenters. The first-order chi connectivity index (χ1) is 12.7. The molecule has 130 valence electrons. The van der Waals surface area contributed by atoms with Crippen molar-refractivity contribution in [2.45, 2.75) is 12.6 Å². The average molecular weight is 349 g/mol. The zero-order valence-electron chi connectivity index (χ0n) is 13.8. The molecule has 26 heavy (non-hydrogen) atoms. The van der Waals surface area contributed by atoms with E-state index in [1.165, 1.54) is 12.1 Å². The quantitative estimate of drug-likeness (QED) is 0.578. The summed E-state index contributed by atoms with van der Waals surface area (Å²) in [5.41, 5.74) is 1.87. The van der Waals surface area contributed by atoms with E-state index in [4.69, 9.17) is 4.42 Å². The van der Waals surface area contributed by atoms with E-state index < -0.39 is 0 Å². The third kappa shape index (κ3) is 3.27. The first-order valence-corrected chi connectivity index (χ1v) is 8.20. The molecule has 5 nitrogen and oxygen atoms in total. The monoisotopic (exact) mass is 349 g/mol. The third-order valence-electron chi connectivity index (χ3n) is 4.15. The Kier molecular flexibility index (Phi) is 4.33. The van der Waals surface area contributed by atoms with E-state index >= 15 is 0 Å². The highest BCUT2D eigenvalue weighted by molar-refractivity contribution is 5.76. The van der Waals surface area contributed by atoms with Crippen LogP contribution in [0.3, 0.4) is 0 Å². The van der Waals surface area contributed by atoms with Crippen LogP contribution in [0.4, 0.5) is 4.39 Å². The van der Waals surface area contributed by atoms with Gasteiger partial charge in [-0.15, -0.1) is 0 Å². The summed E-state index contributed by atoms with van der Waals surface area (Å²) in [6, 6.07) is 15.1. The Morgan fingerprint density at radius 2 is 2.08 bits per heavy atom. The summed E-state index contributed by atoms with van der Waals surface area (Å²) in [6.45, 7) is 0.367. The molecule has 1 aromatic carbocycles. The van der Waals surface area contributed by atoms with E-state index in [0.717, 1.165) is 11.3 Å². The van der Waals surface area contributed by atoms with Crippen LogP contribution in [0, 0.1) is 5.82 Å². The van der Waals surface area contributed by atoms with E-state index in [1.54, 1.807) is 30.6 Å². The summed E-state index contributed by atoms with van der Waals surface area (Å²) in [4.78, 5) is 18.8. The van der Waals surface area contributed by atoms with E-state index in [1.807, 2.05) is 24.3 Å². The molecular weight excluding hydrogens is 333 g/mol. The number of furan rings is 1. The second-order valence-corrected chi connectivity index (χ2v) is 5.92. The minimum Gasteiger partial charge on any atom is -0.459 e. The molecule has 4 rings (SSSR count). The van der Waals surface area contributed by atoms with Gasteiger partial charge in [-0.2, -0.15) is 0 Å². The van der Waals surface area contributed by atoms with Gasteiger partial charge in [0, 0.05) is 12.4 Å². The molecule has 3 heterocycles. The van der Waals surface area contributed by atoms with Gasteiger partial charge < -0.3 is 9.40 Å². The topological polar surface area (TPSA) is 70.9 Å². The first kappa shape index (κ1) is 16.2. The van der Waals surface area contributed by atoms with Gasteiger partial charge in [0.15, 0.2) is 0 Å². The number of nitrogens with one attached hydrogen (secondary N) is 2. The van der Waals surface area contributed by atoms with Gasteiger partial charge in [0.05, 0.1) is 23.7 Å². The van der Waals surface area contributed by atoms with Gasteiger partial charge in [-0.3, -0.25) is 15.1 Å². The molecule has 1 atom stereocenters. The standard InChI is InChI=1S/C20H16FN3O2/c21-14-5-3-4-13(10-14)19(17-6-1-2-8-22-17)24-12-15-11-16-18(26-15)7-9-23-20(16)25/h1-11,19,24H,12H2,(H,23,25). The number of fused-ring (bicyclic) bond motifs is 1. The van der Waals surface area contributed by atoms with E-state index in [2.05, 4.69) is 15.3 Å². The molecule has 0 saturated heterocycles. The number of H-pyrrole nitrogens is 1. The lowest BCUT2D eigenvalue weighted by atomic mass is 10.0. The van der Waals surface area contributed by atoms with Gasteiger partial charge in [0.25, 0.3) is 5.56 Å². The third-order valence-corrected chi connectivity index (χ3v) is 4.15. The summed E-state index contributed by atoms with van der Waals surface area (Å²) < 4.78 is 19.4. The summed E-state index contributed by atoms with van der Waals surface area (Å²) in [7, 11) is 0. The number of hydrogen-bond donors (Lipinski definition) is 2. The van der Waals surface area contributed by atoms with Gasteiger partial charge in [0.2, 0.25) is 0 Å². The number of pyridine rings is 2. The maximum Gasteiger partial charge on any atom is 0.259 e. The van der Waals surface area contributed by atoms with Crippen LogP contribution in [0.25, 0.3) is 11.0 Å². The van der Waals surface area contributed by atoms with Crippen LogP contribution in [0.15, 0.2) is 76.2 Å². The van der Waals surface area contributed by atoms with Crippen LogP contribution < -0.4 is 10.9 Å². The second-order valence-electron chi connectivity index (χ2n) is 5.92. The van der Waals surface area contributed by atoms with Crippen LogP contribution in [-0.4, -0.2) is 9.97 Å². The van der Waals surface area contributed by atoms with Gasteiger partial charge in [0.1, 0.15) is 17.2 Å². The Bertz CT molecular complexity index is 1090. The smallest absolute Gasteiger partial charge is 0.259 e. The van der Waals surface area contributed by atoms with Crippen molar-refractivity contribution in [2.75, 3.05) is 0 Å². The lowest BCUT2D eigenvalue weighted by molar-refractivity contribution is 0.488. The van der Waals surface area contributed by atoms with E-state index in [0.29, 0.717) is 23.3 Å². The fourth-order valence-electron chi connectivity index (χ4n) is 2.95. The molecule has 0 bridgehead atoms. The van der Waals surface area contributed by atoms with Crippen LogP contribution in [0.2, 0.25) is 0 Å². The van der Waals surface area contributed by atoms with Crippen molar-refractivity contribution < 1.29 is 8.81 Å². The summed E-state index contributed by atoms with van der Waals surface area (Å²) in [5, 5.41) is 3.85. The Hall–Kier alpha value is -3.25. The Labute approximate surface area is 148 Å². The second kappa shape index (κ2) is 6.93. The number of aromatic amines is 1. The molecule has 0 saturated carbocycles. The molecule has 3 aromatic heterocycles. The maximum atomic E-state index is 13.7. The molecule has 0 aliphatic carbocycles. The van der Waals surface area contributed by atoms with Crippen LogP contribution >= 0.6 is 0 Å². The molecule has 0 fully saturated rings. The zero-order chi connectivity index (χ0) is 17.9. The van der Waals surface area contributed by atoms with Crippen molar-refractivity contribution in [3.05, 3.63) is 100 Å². The van der Waals surface area contributed by atoms with Crippen molar-refractivity contribution in [2.24, 2.45) is 0 Å². The number of rotatable bonds is 5. The maximum absolute atomic E-state index is 13.7. The van der Waals surface area contributed by atoms with Gasteiger partial charge in [-0.25, -0.2) is 4.39 Å². The van der Waals surface area contributed by atoms with Crippen molar-refractivity contribution in [1.29, 1.82) is 0 Å². The lowest BCUT2D eigenvalue weighted by Crippen LogP contribution is -2.22. The highest BCUT2D eigenvalue weighted by Gasteiger charge is 2.17. The molecule has 0 spiro atoms. The molecule has 0 radical (unpaired) electrons. The molecule has 0 aliphatic rings. The molecule has 6 heteroatoms. The van der Waals surface area contributed by atoms with E-state index in [9.17, 15) is 9.18 Å². The van der Waals surface area contributed by atoms with Crippen molar-refractivity contribution in [3.63, 3.8) is 0 Å². The lowest BCUT2D eigenvalue weighted by Gasteiger charge is -2.18. The van der Waals surface area contributed by atoms with Gasteiger partial charge in [-0.05, 0) is 42.0 Å². The fourth-order valence-corrected chi connectivity index (χ4v) is 2.95. The Morgan fingerprint density at radius 3 is 2.85 bits per heavy atom. The van der Waals surface area contributed by atoms with Crippen LogP contribution in [0.5, 0.6) is 0 Å². The number of aromatic nitrogens is 2. The number of hydrogen-bond acceptors (Lipinski definition) is 4. The normalized spacial score (nSPS) is 12.3. The Balaban J connectivity index is 1.64. The van der Waals surface area contributed by atoms with Crippen molar-refractivity contribution in [1.82, 2.24) is 15.3 Å². The van der Waals surface area contributed by atoms with Crippen molar-refractivity contribution in [3.8, 4) is 0 Å². The molecular formula is C20H16FN3O2. The minimum atomic E-state index is -0.307.